The number of nitrogens with zero attached hydrogens (tertiary/aromatic N) is 5. The van der Waals surface area contributed by atoms with Crippen LogP contribution in [-0.2, 0) is 13.1 Å². The first-order chi connectivity index (χ1) is 14.5. The fraction of sp³-hybridized carbons (Fsp3) is 0.136. The van der Waals surface area contributed by atoms with Gasteiger partial charge >= 0.3 is 0 Å². The first-order valence-electron chi connectivity index (χ1n) is 9.32. The van der Waals surface area contributed by atoms with Gasteiger partial charge in [-0.05, 0) is 30.2 Å². The molecule has 0 aliphatic carbocycles. The van der Waals surface area contributed by atoms with Crippen molar-refractivity contribution in [3.05, 3.63) is 93.6 Å². The maximum atomic E-state index is 11.0. The number of pyridine rings is 1. The van der Waals surface area contributed by atoms with Gasteiger partial charge in [0.2, 0.25) is 0 Å². The minimum absolute atomic E-state index is 0.0635. The Kier molecular flexibility index (Phi) is 5.09. The number of aromatic nitrogens is 3. The lowest BCUT2D eigenvalue weighted by Gasteiger charge is -2.10. The standard InChI is InChI=1S/C22H18N6O2/c1-15-24-7-8-27(15)14-17-4-2-3-16(9-17)13-25-22-10-18(12-23)20-11-19(28(29)30)5-6-21(20)26-22/h2-11H,13-14H2,1H3,(H,25,26). The Morgan fingerprint density at radius 3 is 2.77 bits per heavy atom. The van der Waals surface area contributed by atoms with Gasteiger partial charge < -0.3 is 9.88 Å². The monoisotopic (exact) mass is 398 g/mol. The number of hydrogen-bond acceptors (Lipinski definition) is 6. The van der Waals surface area contributed by atoms with Crippen LogP contribution in [0.25, 0.3) is 10.9 Å². The Hall–Kier alpha value is -4.25. The minimum Gasteiger partial charge on any atom is -0.366 e. The van der Waals surface area contributed by atoms with E-state index in [9.17, 15) is 15.4 Å². The molecule has 0 spiro atoms. The summed E-state index contributed by atoms with van der Waals surface area (Å²) in [5.41, 5.74) is 3.05. The van der Waals surface area contributed by atoms with Gasteiger partial charge in [0, 0.05) is 43.0 Å². The summed E-state index contributed by atoms with van der Waals surface area (Å²) < 4.78 is 2.08. The fourth-order valence-electron chi connectivity index (χ4n) is 3.31. The van der Waals surface area contributed by atoms with Gasteiger partial charge in [0.1, 0.15) is 11.6 Å². The van der Waals surface area contributed by atoms with Gasteiger partial charge in [-0.15, -0.1) is 0 Å². The molecule has 0 saturated heterocycles. The number of anilines is 1. The predicted molar refractivity (Wildman–Crippen MR) is 113 cm³/mol. The number of nitrogens with one attached hydrogen (secondary N) is 1. The lowest BCUT2D eigenvalue weighted by Crippen LogP contribution is -2.05. The first kappa shape index (κ1) is 19.1. The molecule has 0 aliphatic heterocycles. The molecule has 4 rings (SSSR count). The molecular formula is C22H18N6O2. The first-order valence-corrected chi connectivity index (χ1v) is 9.32. The molecule has 2 aromatic carbocycles. The van der Waals surface area contributed by atoms with Crippen LogP contribution in [0.4, 0.5) is 11.5 Å². The molecule has 1 N–H and O–H groups in total. The molecule has 30 heavy (non-hydrogen) atoms. The molecule has 148 valence electrons. The number of hydrogen-bond donors (Lipinski definition) is 1. The Labute approximate surface area is 172 Å². The van der Waals surface area contributed by atoms with Gasteiger partial charge in [-0.1, -0.05) is 24.3 Å². The molecule has 2 aromatic heterocycles. The minimum atomic E-state index is -0.481. The lowest BCUT2D eigenvalue weighted by molar-refractivity contribution is -0.384. The van der Waals surface area contributed by atoms with Crippen LogP contribution in [0.5, 0.6) is 0 Å². The molecule has 8 heteroatoms. The van der Waals surface area contributed by atoms with Crippen LogP contribution < -0.4 is 5.32 Å². The zero-order valence-electron chi connectivity index (χ0n) is 16.2. The zero-order chi connectivity index (χ0) is 21.1. The highest BCUT2D eigenvalue weighted by Crippen LogP contribution is 2.25. The van der Waals surface area contributed by atoms with E-state index in [0.717, 1.165) is 23.5 Å². The van der Waals surface area contributed by atoms with Gasteiger partial charge in [0.05, 0.1) is 22.1 Å². The number of nitriles is 1. The average Bonchev–Trinajstić information content (AvgIpc) is 3.15. The summed E-state index contributed by atoms with van der Waals surface area (Å²) in [5.74, 6) is 1.51. The average molecular weight is 398 g/mol. The van der Waals surface area contributed by atoms with Gasteiger partial charge in [0.25, 0.3) is 5.69 Å². The van der Waals surface area contributed by atoms with E-state index < -0.39 is 4.92 Å². The van der Waals surface area contributed by atoms with Crippen LogP contribution in [0.1, 0.15) is 22.5 Å². The van der Waals surface area contributed by atoms with Gasteiger partial charge in [-0.3, -0.25) is 10.1 Å². The van der Waals surface area contributed by atoms with Crippen molar-refractivity contribution >= 4 is 22.4 Å². The summed E-state index contributed by atoms with van der Waals surface area (Å²) in [6, 6.07) is 16.3. The number of non-ortho nitro benzene ring substituents is 1. The molecule has 0 saturated carbocycles. The highest BCUT2D eigenvalue weighted by Gasteiger charge is 2.11. The molecule has 4 aromatic rings. The molecule has 8 nitrogen and oxygen atoms in total. The molecule has 0 fully saturated rings. The van der Waals surface area contributed by atoms with E-state index in [1.807, 2.05) is 25.3 Å². The SMILES string of the molecule is Cc1nccn1Cc1cccc(CNc2cc(C#N)c3cc([N+](=O)[O-])ccc3n2)c1. The van der Waals surface area contributed by atoms with Gasteiger partial charge in [-0.25, -0.2) is 9.97 Å². The summed E-state index contributed by atoms with van der Waals surface area (Å²) in [5, 5.41) is 24.2. The number of nitro groups is 1. The number of aryl methyl sites for hydroxylation is 1. The third-order valence-corrected chi connectivity index (χ3v) is 4.87. The molecule has 0 atom stereocenters. The predicted octanol–water partition coefficient (Wildman–Crippen LogP) is 4.18. The van der Waals surface area contributed by atoms with Crippen molar-refractivity contribution in [1.82, 2.24) is 14.5 Å². The van der Waals surface area contributed by atoms with Crippen molar-refractivity contribution in [2.24, 2.45) is 0 Å². The maximum Gasteiger partial charge on any atom is 0.270 e. The van der Waals surface area contributed by atoms with E-state index >= 15 is 0 Å². The third-order valence-electron chi connectivity index (χ3n) is 4.87. The fourth-order valence-corrected chi connectivity index (χ4v) is 3.31. The van der Waals surface area contributed by atoms with Crippen molar-refractivity contribution in [1.29, 1.82) is 5.26 Å². The summed E-state index contributed by atoms with van der Waals surface area (Å²) in [6.07, 6.45) is 3.74. The Bertz CT molecular complexity index is 1290. The summed E-state index contributed by atoms with van der Waals surface area (Å²) in [6.45, 7) is 3.25. The van der Waals surface area contributed by atoms with Crippen LogP contribution in [0.3, 0.4) is 0 Å². The van der Waals surface area contributed by atoms with E-state index in [1.54, 1.807) is 18.3 Å². The number of benzene rings is 2. The van der Waals surface area contributed by atoms with Crippen molar-refractivity contribution < 1.29 is 4.92 Å². The van der Waals surface area contributed by atoms with Crippen LogP contribution in [0.15, 0.2) is 60.9 Å². The smallest absolute Gasteiger partial charge is 0.270 e. The Balaban J connectivity index is 1.54. The van der Waals surface area contributed by atoms with Crippen LogP contribution in [0, 0.1) is 28.4 Å². The summed E-state index contributed by atoms with van der Waals surface area (Å²) in [4.78, 5) is 19.3. The number of fused-ring (bicyclic) bond motifs is 1. The molecule has 0 radical (unpaired) electrons. The molecule has 0 bridgehead atoms. The summed E-state index contributed by atoms with van der Waals surface area (Å²) >= 11 is 0. The number of rotatable bonds is 6. The maximum absolute atomic E-state index is 11.0. The molecule has 0 unspecified atom stereocenters. The highest BCUT2D eigenvalue weighted by molar-refractivity contribution is 5.88. The normalized spacial score (nSPS) is 10.7. The quantitative estimate of drug-likeness (QED) is 0.385. The zero-order valence-corrected chi connectivity index (χ0v) is 16.2. The molecule has 0 aliphatic rings. The van der Waals surface area contributed by atoms with E-state index in [1.165, 1.54) is 12.1 Å². The second-order valence-corrected chi connectivity index (χ2v) is 6.90. The topological polar surface area (TPSA) is 110 Å². The summed E-state index contributed by atoms with van der Waals surface area (Å²) in [7, 11) is 0. The van der Waals surface area contributed by atoms with E-state index in [-0.39, 0.29) is 5.69 Å². The van der Waals surface area contributed by atoms with Crippen molar-refractivity contribution in [3.63, 3.8) is 0 Å². The third kappa shape index (κ3) is 3.95. The van der Waals surface area contributed by atoms with Crippen molar-refractivity contribution in [3.8, 4) is 6.07 Å². The highest BCUT2D eigenvalue weighted by atomic mass is 16.6. The second-order valence-electron chi connectivity index (χ2n) is 6.90. The van der Waals surface area contributed by atoms with Crippen molar-refractivity contribution in [2.45, 2.75) is 20.0 Å². The number of imidazole rings is 1. The number of nitro benzene ring substituents is 1. The van der Waals surface area contributed by atoms with Gasteiger partial charge in [-0.2, -0.15) is 5.26 Å². The van der Waals surface area contributed by atoms with Crippen molar-refractivity contribution in [2.75, 3.05) is 5.32 Å². The van der Waals surface area contributed by atoms with E-state index in [4.69, 9.17) is 0 Å². The molecular weight excluding hydrogens is 380 g/mol. The van der Waals surface area contributed by atoms with E-state index in [0.29, 0.717) is 28.8 Å². The van der Waals surface area contributed by atoms with Crippen LogP contribution >= 0.6 is 0 Å². The largest absolute Gasteiger partial charge is 0.366 e. The Morgan fingerprint density at radius 2 is 2.03 bits per heavy atom. The van der Waals surface area contributed by atoms with Crippen LogP contribution in [-0.4, -0.2) is 19.5 Å². The lowest BCUT2D eigenvalue weighted by atomic mass is 10.1. The molecule has 0 amide bonds. The Morgan fingerprint density at radius 1 is 1.20 bits per heavy atom. The second kappa shape index (κ2) is 8.01. The van der Waals surface area contributed by atoms with Crippen LogP contribution in [0.2, 0.25) is 0 Å². The van der Waals surface area contributed by atoms with E-state index in [2.05, 4.69) is 38.1 Å². The van der Waals surface area contributed by atoms with Gasteiger partial charge in [0.15, 0.2) is 0 Å². The molecule has 2 heterocycles.